The van der Waals surface area contributed by atoms with Crippen LogP contribution in [0, 0.1) is 17.7 Å². The molecule has 2 aliphatic carbocycles. The highest BCUT2D eigenvalue weighted by molar-refractivity contribution is 5.78. The fraction of sp³-hybridized carbons (Fsp3) is 0.591. The molecule has 30 heavy (non-hydrogen) atoms. The molecule has 0 spiro atoms. The van der Waals surface area contributed by atoms with Crippen LogP contribution in [0.5, 0.6) is 5.88 Å². The van der Waals surface area contributed by atoms with Crippen molar-refractivity contribution in [2.24, 2.45) is 17.6 Å². The second-order valence-electron chi connectivity index (χ2n) is 9.19. The molecule has 8 heteroatoms. The predicted molar refractivity (Wildman–Crippen MR) is 107 cm³/mol. The molecule has 4 aliphatic rings. The fourth-order valence-electron chi connectivity index (χ4n) is 4.79. The van der Waals surface area contributed by atoms with E-state index in [1.807, 2.05) is 0 Å². The van der Waals surface area contributed by atoms with Crippen molar-refractivity contribution in [2.45, 2.75) is 56.1 Å². The molecule has 4 fully saturated rings. The minimum Gasteiger partial charge on any atom is -0.481 e. The van der Waals surface area contributed by atoms with E-state index in [9.17, 15) is 9.18 Å². The third-order valence-electron chi connectivity index (χ3n) is 7.08. The topological polar surface area (TPSA) is 108 Å². The van der Waals surface area contributed by atoms with Gasteiger partial charge in [-0.05, 0) is 51.0 Å². The first-order valence-electron chi connectivity index (χ1n) is 10.6. The third-order valence-corrected chi connectivity index (χ3v) is 7.08. The van der Waals surface area contributed by atoms with E-state index in [4.69, 9.17) is 20.3 Å². The number of pyridine rings is 2. The lowest BCUT2D eigenvalue weighted by atomic mass is 9.70. The molecule has 0 aromatic carbocycles. The van der Waals surface area contributed by atoms with Gasteiger partial charge in [-0.1, -0.05) is 0 Å². The molecule has 3 N–H and O–H groups in total. The molecular formula is C22H26FN3O4. The standard InChI is InChI=1S/C22H26FN3O4/c23-16-10-25-17-1-2-18(29-11-13-9-15(13)20(27)28)26-19(17)14(16)3-4-22-7-5-21(24,6-8-22)12-30-22/h1-2,10,13,15H,3-9,11-12,24H2,(H,27,28). The Hall–Kier alpha value is -2.32. The largest absolute Gasteiger partial charge is 0.481 e. The number of carboxylic acids is 1. The Morgan fingerprint density at radius 2 is 2.13 bits per heavy atom. The summed E-state index contributed by atoms with van der Waals surface area (Å²) in [5.74, 6) is -1.13. The van der Waals surface area contributed by atoms with Crippen molar-refractivity contribution < 1.29 is 23.8 Å². The number of nitrogens with two attached hydrogens (primary N) is 1. The zero-order chi connectivity index (χ0) is 20.9. The smallest absolute Gasteiger partial charge is 0.306 e. The van der Waals surface area contributed by atoms with E-state index in [-0.39, 0.29) is 28.8 Å². The molecule has 0 amide bonds. The maximum Gasteiger partial charge on any atom is 0.306 e. The Morgan fingerprint density at radius 3 is 2.80 bits per heavy atom. The summed E-state index contributed by atoms with van der Waals surface area (Å²) in [6.07, 6.45) is 6.78. The maximum atomic E-state index is 14.7. The average molecular weight is 415 g/mol. The van der Waals surface area contributed by atoms with Crippen LogP contribution in [0.1, 0.15) is 44.1 Å². The number of aryl methyl sites for hydroxylation is 1. The Labute approximate surface area is 173 Å². The van der Waals surface area contributed by atoms with Gasteiger partial charge >= 0.3 is 5.97 Å². The van der Waals surface area contributed by atoms with Crippen LogP contribution in [0.25, 0.3) is 11.0 Å². The van der Waals surface area contributed by atoms with Crippen LogP contribution in [0.4, 0.5) is 4.39 Å². The summed E-state index contributed by atoms with van der Waals surface area (Å²) in [5.41, 5.74) is 7.52. The number of hydrogen-bond donors (Lipinski definition) is 2. The summed E-state index contributed by atoms with van der Waals surface area (Å²) in [4.78, 5) is 19.6. The third kappa shape index (κ3) is 3.63. The molecule has 4 heterocycles. The summed E-state index contributed by atoms with van der Waals surface area (Å²) in [6.45, 7) is 0.868. The van der Waals surface area contributed by atoms with Gasteiger partial charge in [-0.2, -0.15) is 0 Å². The number of ether oxygens (including phenoxy) is 2. The van der Waals surface area contributed by atoms with Gasteiger partial charge in [0.1, 0.15) is 5.82 Å². The van der Waals surface area contributed by atoms with E-state index in [1.54, 1.807) is 12.1 Å². The molecule has 2 saturated heterocycles. The lowest BCUT2D eigenvalue weighted by molar-refractivity contribution is -0.156. The van der Waals surface area contributed by atoms with Crippen LogP contribution < -0.4 is 10.5 Å². The normalized spacial score (nSPS) is 32.3. The van der Waals surface area contributed by atoms with Gasteiger partial charge in [-0.3, -0.25) is 9.78 Å². The van der Waals surface area contributed by atoms with Crippen molar-refractivity contribution in [3.63, 3.8) is 0 Å². The highest BCUT2D eigenvalue weighted by Crippen LogP contribution is 2.45. The zero-order valence-electron chi connectivity index (χ0n) is 16.8. The SMILES string of the molecule is NC12CCC(CCc3c(F)cnc4ccc(OCC5CC5C(=O)O)nc34)(CC1)OC2. The lowest BCUT2D eigenvalue weighted by Crippen LogP contribution is -2.59. The van der Waals surface area contributed by atoms with Crippen LogP contribution >= 0.6 is 0 Å². The quantitative estimate of drug-likeness (QED) is 0.716. The van der Waals surface area contributed by atoms with E-state index in [1.165, 1.54) is 6.20 Å². The van der Waals surface area contributed by atoms with Gasteiger partial charge < -0.3 is 20.3 Å². The van der Waals surface area contributed by atoms with E-state index in [0.29, 0.717) is 55.0 Å². The number of carboxylic acid groups (broad SMARTS) is 1. The number of hydrogen-bond acceptors (Lipinski definition) is 6. The number of carbonyl (C=O) groups is 1. The number of halogens is 1. The van der Waals surface area contributed by atoms with Crippen molar-refractivity contribution in [1.82, 2.24) is 9.97 Å². The van der Waals surface area contributed by atoms with Crippen molar-refractivity contribution in [3.8, 4) is 5.88 Å². The van der Waals surface area contributed by atoms with Crippen LogP contribution in [-0.4, -0.2) is 45.4 Å². The van der Waals surface area contributed by atoms with Gasteiger partial charge in [0.2, 0.25) is 5.88 Å². The van der Waals surface area contributed by atoms with Gasteiger partial charge in [0, 0.05) is 23.1 Å². The summed E-state index contributed by atoms with van der Waals surface area (Å²) >= 11 is 0. The van der Waals surface area contributed by atoms with Gasteiger partial charge in [0.15, 0.2) is 0 Å². The Kier molecular flexibility index (Phi) is 4.67. The number of fused-ring (bicyclic) bond motifs is 4. The first-order chi connectivity index (χ1) is 14.4. The highest BCUT2D eigenvalue weighted by Gasteiger charge is 2.47. The summed E-state index contributed by atoms with van der Waals surface area (Å²) in [7, 11) is 0. The Balaban J connectivity index is 1.32. The van der Waals surface area contributed by atoms with E-state index >= 15 is 0 Å². The van der Waals surface area contributed by atoms with Crippen molar-refractivity contribution >= 4 is 17.0 Å². The second-order valence-corrected chi connectivity index (χ2v) is 9.19. The zero-order valence-corrected chi connectivity index (χ0v) is 16.8. The van der Waals surface area contributed by atoms with Gasteiger partial charge in [-0.15, -0.1) is 0 Å². The number of aromatic nitrogens is 2. The number of aliphatic carboxylic acids is 1. The minimum absolute atomic E-state index is 0.00798. The molecule has 160 valence electrons. The minimum atomic E-state index is -0.789. The van der Waals surface area contributed by atoms with Crippen molar-refractivity contribution in [3.05, 3.63) is 29.7 Å². The van der Waals surface area contributed by atoms with Crippen LogP contribution in [-0.2, 0) is 16.0 Å². The maximum absolute atomic E-state index is 14.7. The van der Waals surface area contributed by atoms with Crippen LogP contribution in [0.3, 0.4) is 0 Å². The molecule has 2 atom stereocenters. The Bertz CT molecular complexity index is 973. The number of rotatable bonds is 7. The van der Waals surface area contributed by atoms with Crippen molar-refractivity contribution in [2.75, 3.05) is 13.2 Å². The number of nitrogens with zero attached hydrogens (tertiary/aromatic N) is 2. The molecule has 2 bridgehead atoms. The molecular weight excluding hydrogens is 389 g/mol. The van der Waals surface area contributed by atoms with Crippen molar-refractivity contribution in [1.29, 1.82) is 0 Å². The monoisotopic (exact) mass is 415 g/mol. The summed E-state index contributed by atoms with van der Waals surface area (Å²) in [6, 6.07) is 3.46. The van der Waals surface area contributed by atoms with Crippen LogP contribution in [0.15, 0.2) is 18.3 Å². The molecule has 6 rings (SSSR count). The fourth-order valence-corrected chi connectivity index (χ4v) is 4.79. The lowest BCUT2D eigenvalue weighted by Gasteiger charge is -2.51. The molecule has 2 aromatic rings. The van der Waals surface area contributed by atoms with Gasteiger partial charge in [0.05, 0.1) is 42.0 Å². The van der Waals surface area contributed by atoms with E-state index in [2.05, 4.69) is 9.97 Å². The first kappa shape index (κ1) is 19.6. The molecule has 2 aliphatic heterocycles. The van der Waals surface area contributed by atoms with E-state index in [0.717, 1.165) is 25.7 Å². The highest BCUT2D eigenvalue weighted by atomic mass is 19.1. The van der Waals surface area contributed by atoms with Gasteiger partial charge in [0.25, 0.3) is 0 Å². The molecule has 2 unspecified atom stereocenters. The second kappa shape index (κ2) is 7.13. The summed E-state index contributed by atoms with van der Waals surface area (Å²) < 4.78 is 26.5. The molecule has 0 radical (unpaired) electrons. The predicted octanol–water partition coefficient (Wildman–Crippen LogP) is 2.84. The van der Waals surface area contributed by atoms with E-state index < -0.39 is 5.97 Å². The molecule has 2 aromatic heterocycles. The average Bonchev–Trinajstić information content (AvgIpc) is 3.53. The first-order valence-corrected chi connectivity index (χ1v) is 10.6. The molecule has 2 saturated carbocycles. The molecule has 7 nitrogen and oxygen atoms in total. The van der Waals surface area contributed by atoms with Crippen LogP contribution in [0.2, 0.25) is 0 Å². The Morgan fingerprint density at radius 1 is 1.33 bits per heavy atom. The summed E-state index contributed by atoms with van der Waals surface area (Å²) in [5, 5.41) is 9.02. The van der Waals surface area contributed by atoms with Gasteiger partial charge in [-0.25, -0.2) is 9.37 Å².